The number of benzene rings is 3. The molecule has 3 aromatic rings. The molecule has 0 radical (unpaired) electrons. The van der Waals surface area contributed by atoms with Gasteiger partial charge in [0.2, 0.25) is 0 Å². The Hall–Kier alpha value is -2.74. The predicted molar refractivity (Wildman–Crippen MR) is 94.7 cm³/mol. The van der Waals surface area contributed by atoms with Crippen molar-refractivity contribution in [3.05, 3.63) is 72.3 Å². The number of phenolic OH excluding ortho intramolecular Hbond substituents is 2. The van der Waals surface area contributed by atoms with Crippen molar-refractivity contribution in [2.45, 2.75) is 19.8 Å². The smallest absolute Gasteiger partial charge is 0.115 e. The molecule has 3 aromatic carbocycles. The van der Waals surface area contributed by atoms with Crippen LogP contribution < -0.4 is 0 Å². The molecular formula is C21H20O2. The molecule has 0 bridgehead atoms. The second-order valence-corrected chi connectivity index (χ2v) is 6.09. The fraction of sp³-hybridized carbons (Fsp3) is 0.143. The van der Waals surface area contributed by atoms with Crippen molar-refractivity contribution >= 4 is 0 Å². The summed E-state index contributed by atoms with van der Waals surface area (Å²) in [4.78, 5) is 0. The summed E-state index contributed by atoms with van der Waals surface area (Å²) >= 11 is 0. The van der Waals surface area contributed by atoms with E-state index in [1.165, 1.54) is 5.56 Å². The molecule has 116 valence electrons. The molecule has 0 amide bonds. The monoisotopic (exact) mass is 304 g/mol. The van der Waals surface area contributed by atoms with Gasteiger partial charge in [0.1, 0.15) is 11.5 Å². The summed E-state index contributed by atoms with van der Waals surface area (Å²) in [5.41, 5.74) is 5.66. The van der Waals surface area contributed by atoms with E-state index in [1.54, 1.807) is 24.3 Å². The Balaban J connectivity index is 2.13. The van der Waals surface area contributed by atoms with Crippen molar-refractivity contribution in [1.82, 2.24) is 0 Å². The lowest BCUT2D eigenvalue weighted by molar-refractivity contribution is 0.475. The van der Waals surface area contributed by atoms with Crippen LogP contribution in [0, 0.1) is 0 Å². The van der Waals surface area contributed by atoms with Crippen molar-refractivity contribution in [2.75, 3.05) is 0 Å². The molecule has 2 nitrogen and oxygen atoms in total. The first kappa shape index (κ1) is 15.2. The van der Waals surface area contributed by atoms with Gasteiger partial charge in [-0.25, -0.2) is 0 Å². The molecule has 0 aliphatic rings. The lowest BCUT2D eigenvalue weighted by Gasteiger charge is -2.13. The van der Waals surface area contributed by atoms with Crippen molar-refractivity contribution in [1.29, 1.82) is 0 Å². The standard InChI is InChI=1S/C21H20O2/c1-14(2)17-11-18(15-3-7-20(22)8-4-15)13-19(12-17)16-5-9-21(23)10-6-16/h3-14,22-23H,1-2H3. The number of hydrogen-bond donors (Lipinski definition) is 2. The summed E-state index contributed by atoms with van der Waals surface area (Å²) < 4.78 is 0. The van der Waals surface area contributed by atoms with Gasteiger partial charge in [-0.1, -0.05) is 50.2 Å². The highest BCUT2D eigenvalue weighted by molar-refractivity contribution is 5.75. The highest BCUT2D eigenvalue weighted by atomic mass is 16.3. The van der Waals surface area contributed by atoms with Gasteiger partial charge in [-0.2, -0.15) is 0 Å². The van der Waals surface area contributed by atoms with Gasteiger partial charge in [0.15, 0.2) is 0 Å². The molecule has 3 rings (SSSR count). The maximum absolute atomic E-state index is 9.48. The lowest BCUT2D eigenvalue weighted by Crippen LogP contribution is -1.91. The highest BCUT2D eigenvalue weighted by Crippen LogP contribution is 2.32. The van der Waals surface area contributed by atoms with Crippen LogP contribution in [0.25, 0.3) is 22.3 Å². The molecule has 0 atom stereocenters. The Labute approximate surface area is 136 Å². The fourth-order valence-corrected chi connectivity index (χ4v) is 2.63. The number of rotatable bonds is 3. The van der Waals surface area contributed by atoms with E-state index in [0.717, 1.165) is 22.3 Å². The Bertz CT molecular complexity index is 737. The molecule has 0 heterocycles. The zero-order valence-electron chi connectivity index (χ0n) is 13.3. The Kier molecular flexibility index (Phi) is 4.07. The molecule has 0 spiro atoms. The maximum Gasteiger partial charge on any atom is 0.115 e. The predicted octanol–water partition coefficient (Wildman–Crippen LogP) is 5.56. The average molecular weight is 304 g/mol. The molecule has 0 unspecified atom stereocenters. The minimum atomic E-state index is 0.271. The topological polar surface area (TPSA) is 40.5 Å². The van der Waals surface area contributed by atoms with E-state index in [2.05, 4.69) is 32.0 Å². The summed E-state index contributed by atoms with van der Waals surface area (Å²) in [7, 11) is 0. The van der Waals surface area contributed by atoms with Gasteiger partial charge in [-0.3, -0.25) is 0 Å². The minimum Gasteiger partial charge on any atom is -0.508 e. The summed E-state index contributed by atoms with van der Waals surface area (Å²) in [6.07, 6.45) is 0. The summed E-state index contributed by atoms with van der Waals surface area (Å²) in [6, 6.07) is 21.1. The molecule has 2 N–H and O–H groups in total. The Morgan fingerprint density at radius 3 is 1.30 bits per heavy atom. The first-order valence-electron chi connectivity index (χ1n) is 7.77. The zero-order chi connectivity index (χ0) is 16.4. The van der Waals surface area contributed by atoms with Gasteiger partial charge in [-0.15, -0.1) is 0 Å². The quantitative estimate of drug-likeness (QED) is 0.665. The number of phenols is 2. The van der Waals surface area contributed by atoms with Crippen LogP contribution in [0.2, 0.25) is 0 Å². The van der Waals surface area contributed by atoms with E-state index >= 15 is 0 Å². The molecule has 2 heteroatoms. The van der Waals surface area contributed by atoms with E-state index < -0.39 is 0 Å². The maximum atomic E-state index is 9.48. The molecule has 0 aliphatic carbocycles. The molecule has 0 aliphatic heterocycles. The van der Waals surface area contributed by atoms with Crippen LogP contribution in [0.1, 0.15) is 25.3 Å². The highest BCUT2D eigenvalue weighted by Gasteiger charge is 2.08. The zero-order valence-corrected chi connectivity index (χ0v) is 13.3. The van der Waals surface area contributed by atoms with Gasteiger partial charge in [0.05, 0.1) is 0 Å². The molecule has 0 saturated heterocycles. The molecule has 0 fully saturated rings. The third kappa shape index (κ3) is 3.37. The summed E-state index contributed by atoms with van der Waals surface area (Å²) in [6.45, 7) is 4.35. The second kappa shape index (κ2) is 6.17. The Morgan fingerprint density at radius 2 is 0.957 bits per heavy atom. The Morgan fingerprint density at radius 1 is 0.565 bits per heavy atom. The van der Waals surface area contributed by atoms with Crippen molar-refractivity contribution in [2.24, 2.45) is 0 Å². The molecule has 0 saturated carbocycles. The van der Waals surface area contributed by atoms with E-state index in [4.69, 9.17) is 0 Å². The van der Waals surface area contributed by atoms with Crippen molar-refractivity contribution in [3.63, 3.8) is 0 Å². The van der Waals surface area contributed by atoms with E-state index in [1.807, 2.05) is 24.3 Å². The third-order valence-corrected chi connectivity index (χ3v) is 4.02. The van der Waals surface area contributed by atoms with Crippen molar-refractivity contribution in [3.8, 4) is 33.8 Å². The van der Waals surface area contributed by atoms with Gasteiger partial charge in [0.25, 0.3) is 0 Å². The normalized spacial score (nSPS) is 10.9. The van der Waals surface area contributed by atoms with Gasteiger partial charge >= 0.3 is 0 Å². The van der Waals surface area contributed by atoms with Gasteiger partial charge in [0, 0.05) is 0 Å². The number of aromatic hydroxyl groups is 2. The van der Waals surface area contributed by atoms with Crippen LogP contribution in [0.4, 0.5) is 0 Å². The first-order valence-corrected chi connectivity index (χ1v) is 7.77. The molecular weight excluding hydrogens is 284 g/mol. The van der Waals surface area contributed by atoms with Crippen LogP contribution in [0.5, 0.6) is 11.5 Å². The van der Waals surface area contributed by atoms with Crippen molar-refractivity contribution < 1.29 is 10.2 Å². The van der Waals surface area contributed by atoms with Crippen LogP contribution >= 0.6 is 0 Å². The first-order chi connectivity index (χ1) is 11.0. The van der Waals surface area contributed by atoms with Crippen LogP contribution in [0.15, 0.2) is 66.7 Å². The fourth-order valence-electron chi connectivity index (χ4n) is 2.63. The third-order valence-electron chi connectivity index (χ3n) is 4.02. The molecule has 23 heavy (non-hydrogen) atoms. The van der Waals surface area contributed by atoms with Crippen LogP contribution in [-0.4, -0.2) is 10.2 Å². The summed E-state index contributed by atoms with van der Waals surface area (Å²) in [5, 5.41) is 19.0. The van der Waals surface area contributed by atoms with Gasteiger partial charge in [-0.05, 0) is 64.1 Å². The van der Waals surface area contributed by atoms with E-state index in [9.17, 15) is 10.2 Å². The molecule has 0 aromatic heterocycles. The largest absolute Gasteiger partial charge is 0.508 e. The van der Waals surface area contributed by atoms with Crippen LogP contribution in [-0.2, 0) is 0 Å². The van der Waals surface area contributed by atoms with E-state index in [0.29, 0.717) is 5.92 Å². The van der Waals surface area contributed by atoms with E-state index in [-0.39, 0.29) is 11.5 Å². The lowest BCUT2D eigenvalue weighted by atomic mass is 9.92. The SMILES string of the molecule is CC(C)c1cc(-c2ccc(O)cc2)cc(-c2ccc(O)cc2)c1. The van der Waals surface area contributed by atoms with Crippen LogP contribution in [0.3, 0.4) is 0 Å². The summed E-state index contributed by atoms with van der Waals surface area (Å²) in [5.74, 6) is 0.961. The number of hydrogen-bond acceptors (Lipinski definition) is 2. The van der Waals surface area contributed by atoms with Gasteiger partial charge < -0.3 is 10.2 Å². The average Bonchev–Trinajstić information content (AvgIpc) is 2.55. The second-order valence-electron chi connectivity index (χ2n) is 6.09. The minimum absolute atomic E-state index is 0.271.